The number of rotatable bonds is 12. The van der Waals surface area contributed by atoms with Crippen LogP contribution in [0.5, 0.6) is 0 Å². The fraction of sp³-hybridized carbons (Fsp3) is 0.207. The SMILES string of the molecule is CS(=O)(=O)Nc1ccc(-c2nc(NC(=O)N(CCC(=O)O)CCC(c3ccccc3)c3ccccc3)sc2Cl)cc1. The first kappa shape index (κ1) is 30.0. The quantitative estimate of drug-likeness (QED) is 0.171. The summed E-state index contributed by atoms with van der Waals surface area (Å²) < 4.78 is 25.7. The molecule has 0 aliphatic rings. The molecule has 2 amide bonds. The number of carboxylic acid groups (broad SMARTS) is 1. The minimum atomic E-state index is -3.41. The van der Waals surface area contributed by atoms with Crippen LogP contribution in [-0.2, 0) is 14.8 Å². The van der Waals surface area contributed by atoms with Crippen molar-refractivity contribution >= 4 is 55.8 Å². The van der Waals surface area contributed by atoms with Crippen LogP contribution in [0.3, 0.4) is 0 Å². The van der Waals surface area contributed by atoms with Crippen molar-refractivity contribution in [1.82, 2.24) is 9.88 Å². The number of hydrogen-bond acceptors (Lipinski definition) is 6. The van der Waals surface area contributed by atoms with Crippen molar-refractivity contribution in [2.45, 2.75) is 18.8 Å². The lowest BCUT2D eigenvalue weighted by Gasteiger charge is -2.25. The smallest absolute Gasteiger partial charge is 0.323 e. The third-order valence-electron chi connectivity index (χ3n) is 6.24. The second-order valence-corrected chi connectivity index (χ2v) is 12.7. The topological polar surface area (TPSA) is 129 Å². The molecule has 0 radical (unpaired) electrons. The summed E-state index contributed by atoms with van der Waals surface area (Å²) >= 11 is 7.51. The van der Waals surface area contributed by atoms with E-state index < -0.39 is 22.0 Å². The summed E-state index contributed by atoms with van der Waals surface area (Å²) in [5.41, 5.74) is 3.68. The summed E-state index contributed by atoms with van der Waals surface area (Å²) in [7, 11) is -3.41. The molecule has 0 aliphatic carbocycles. The van der Waals surface area contributed by atoms with E-state index in [2.05, 4.69) is 15.0 Å². The maximum atomic E-state index is 13.3. The average molecular weight is 613 g/mol. The molecule has 0 aliphatic heterocycles. The number of nitrogens with one attached hydrogen (secondary N) is 2. The Bertz CT molecular complexity index is 1540. The van der Waals surface area contributed by atoms with Crippen LogP contribution < -0.4 is 10.0 Å². The number of nitrogens with zero attached hydrogens (tertiary/aromatic N) is 2. The van der Waals surface area contributed by atoms with Crippen molar-refractivity contribution in [1.29, 1.82) is 0 Å². The molecule has 0 bridgehead atoms. The molecule has 1 aromatic heterocycles. The van der Waals surface area contributed by atoms with E-state index in [0.717, 1.165) is 28.7 Å². The summed E-state index contributed by atoms with van der Waals surface area (Å²) in [6.07, 6.45) is 1.45. The van der Waals surface area contributed by atoms with E-state index in [1.165, 1.54) is 4.90 Å². The minimum Gasteiger partial charge on any atom is -0.481 e. The number of sulfonamides is 1. The van der Waals surface area contributed by atoms with Crippen molar-refractivity contribution < 1.29 is 23.1 Å². The highest BCUT2D eigenvalue weighted by atomic mass is 35.5. The lowest BCUT2D eigenvalue weighted by Crippen LogP contribution is -2.37. The van der Waals surface area contributed by atoms with Gasteiger partial charge in [0.25, 0.3) is 0 Å². The Morgan fingerprint density at radius 3 is 2.07 bits per heavy atom. The maximum absolute atomic E-state index is 13.3. The molecule has 1 heterocycles. The Kier molecular flexibility index (Phi) is 9.98. The van der Waals surface area contributed by atoms with E-state index in [1.807, 2.05) is 60.7 Å². The monoisotopic (exact) mass is 612 g/mol. The third kappa shape index (κ3) is 8.78. The molecule has 41 heavy (non-hydrogen) atoms. The number of benzene rings is 3. The van der Waals surface area contributed by atoms with Gasteiger partial charge in [0.15, 0.2) is 5.13 Å². The van der Waals surface area contributed by atoms with Crippen molar-refractivity contribution in [3.05, 3.63) is 100 Å². The molecule has 0 saturated heterocycles. The number of amides is 2. The van der Waals surface area contributed by atoms with E-state index in [1.54, 1.807) is 24.3 Å². The fourth-order valence-electron chi connectivity index (χ4n) is 4.34. The predicted molar refractivity (Wildman–Crippen MR) is 163 cm³/mol. The lowest BCUT2D eigenvalue weighted by molar-refractivity contribution is -0.137. The van der Waals surface area contributed by atoms with Crippen LogP contribution in [0.15, 0.2) is 84.9 Å². The molecule has 4 aromatic rings. The highest BCUT2D eigenvalue weighted by Crippen LogP contribution is 2.36. The Hall–Kier alpha value is -3.93. The standard InChI is InChI=1S/C29H29ClN4O5S2/c1-41(38,39)33-23-14-12-22(13-15-23)26-27(30)40-28(31-26)32-29(37)34(19-17-25(35)36)18-16-24(20-8-4-2-5-9-20)21-10-6-3-7-11-21/h2-15,24,33H,16-19H2,1H3,(H,35,36)(H,31,32,37). The number of carboxylic acids is 1. The zero-order valence-corrected chi connectivity index (χ0v) is 24.5. The number of aromatic nitrogens is 1. The molecule has 3 aromatic carbocycles. The third-order valence-corrected chi connectivity index (χ3v) is 8.01. The number of urea groups is 1. The molecule has 214 valence electrons. The van der Waals surface area contributed by atoms with E-state index in [9.17, 15) is 23.1 Å². The predicted octanol–water partition coefficient (Wildman–Crippen LogP) is 6.37. The summed E-state index contributed by atoms with van der Waals surface area (Å²) in [4.78, 5) is 30.6. The van der Waals surface area contributed by atoms with E-state index >= 15 is 0 Å². The number of anilines is 2. The van der Waals surface area contributed by atoms with Crippen molar-refractivity contribution in [3.63, 3.8) is 0 Å². The van der Waals surface area contributed by atoms with Crippen LogP contribution >= 0.6 is 22.9 Å². The molecule has 0 fully saturated rings. The highest BCUT2D eigenvalue weighted by molar-refractivity contribution is 7.92. The van der Waals surface area contributed by atoms with Crippen LogP contribution in [0.1, 0.15) is 29.9 Å². The van der Waals surface area contributed by atoms with Gasteiger partial charge in [-0.3, -0.25) is 14.8 Å². The first-order valence-corrected chi connectivity index (χ1v) is 15.8. The van der Waals surface area contributed by atoms with Gasteiger partial charge in [0.2, 0.25) is 10.0 Å². The van der Waals surface area contributed by atoms with Gasteiger partial charge in [-0.15, -0.1) is 0 Å². The van der Waals surface area contributed by atoms with Gasteiger partial charge in [0.05, 0.1) is 12.7 Å². The molecule has 0 spiro atoms. The number of hydrogen-bond donors (Lipinski definition) is 3. The summed E-state index contributed by atoms with van der Waals surface area (Å²) in [6, 6.07) is 26.0. The maximum Gasteiger partial charge on any atom is 0.323 e. The first-order valence-electron chi connectivity index (χ1n) is 12.7. The van der Waals surface area contributed by atoms with Gasteiger partial charge in [-0.25, -0.2) is 18.2 Å². The van der Waals surface area contributed by atoms with Crippen LogP contribution in [-0.4, -0.2) is 54.8 Å². The molecule has 4 rings (SSSR count). The number of aliphatic carboxylic acids is 1. The second kappa shape index (κ2) is 13.6. The lowest BCUT2D eigenvalue weighted by atomic mass is 9.88. The van der Waals surface area contributed by atoms with Gasteiger partial charge in [0, 0.05) is 30.3 Å². The van der Waals surface area contributed by atoms with Gasteiger partial charge in [0.1, 0.15) is 10.0 Å². The highest BCUT2D eigenvalue weighted by Gasteiger charge is 2.22. The number of halogens is 1. The molecule has 9 nitrogen and oxygen atoms in total. The molecule has 12 heteroatoms. The van der Waals surface area contributed by atoms with Gasteiger partial charge in [-0.1, -0.05) is 95.7 Å². The Morgan fingerprint density at radius 2 is 1.54 bits per heavy atom. The molecule has 3 N–H and O–H groups in total. The number of carbonyl (C=O) groups excluding carboxylic acids is 1. The zero-order chi connectivity index (χ0) is 29.4. The molecule has 0 atom stereocenters. The van der Waals surface area contributed by atoms with Gasteiger partial charge >= 0.3 is 12.0 Å². The van der Waals surface area contributed by atoms with Crippen LogP contribution in [0, 0.1) is 0 Å². The largest absolute Gasteiger partial charge is 0.481 e. The van der Waals surface area contributed by atoms with Crippen LogP contribution in [0.2, 0.25) is 4.34 Å². The second-order valence-electron chi connectivity index (χ2n) is 9.32. The summed E-state index contributed by atoms with van der Waals surface area (Å²) in [5.74, 6) is -0.988. The average Bonchev–Trinajstić information content (AvgIpc) is 3.30. The van der Waals surface area contributed by atoms with E-state index in [0.29, 0.717) is 34.2 Å². The van der Waals surface area contributed by atoms with Gasteiger partial charge in [-0.2, -0.15) is 0 Å². The fourth-order valence-corrected chi connectivity index (χ4v) is 5.98. The first-order chi connectivity index (χ1) is 19.6. The van der Waals surface area contributed by atoms with Crippen molar-refractivity contribution in [3.8, 4) is 11.3 Å². The molecular formula is C29H29ClN4O5S2. The Morgan fingerprint density at radius 1 is 0.951 bits per heavy atom. The Balaban J connectivity index is 1.49. The molecular weight excluding hydrogens is 584 g/mol. The normalized spacial score (nSPS) is 11.3. The number of carbonyl (C=O) groups is 2. The Labute approximate surface area is 247 Å². The number of thiazole rings is 1. The van der Waals surface area contributed by atoms with Crippen LogP contribution in [0.25, 0.3) is 11.3 Å². The summed E-state index contributed by atoms with van der Waals surface area (Å²) in [5, 5.41) is 12.3. The van der Waals surface area contributed by atoms with Crippen molar-refractivity contribution in [2.75, 3.05) is 29.4 Å². The molecule has 0 saturated carbocycles. The summed E-state index contributed by atoms with van der Waals surface area (Å²) in [6.45, 7) is 0.340. The van der Waals surface area contributed by atoms with Crippen LogP contribution in [0.4, 0.5) is 15.6 Å². The zero-order valence-electron chi connectivity index (χ0n) is 22.2. The van der Waals surface area contributed by atoms with E-state index in [4.69, 9.17) is 11.6 Å². The van der Waals surface area contributed by atoms with Gasteiger partial charge < -0.3 is 10.0 Å². The molecule has 0 unspecified atom stereocenters. The van der Waals surface area contributed by atoms with Crippen molar-refractivity contribution in [2.24, 2.45) is 0 Å². The minimum absolute atomic E-state index is 0.0126. The van der Waals surface area contributed by atoms with Gasteiger partial charge in [-0.05, 0) is 29.7 Å². The van der Waals surface area contributed by atoms with E-state index in [-0.39, 0.29) is 24.0 Å².